The lowest BCUT2D eigenvalue weighted by atomic mass is 9.88. The molecule has 19 heavy (non-hydrogen) atoms. The summed E-state index contributed by atoms with van der Waals surface area (Å²) in [5, 5.41) is 0. The van der Waals surface area contributed by atoms with Gasteiger partial charge in [-0.15, -0.1) is 0 Å². The number of aromatic nitrogens is 2. The maximum Gasteiger partial charge on any atom is 0.237 e. The maximum absolute atomic E-state index is 6.46. The van der Waals surface area contributed by atoms with Gasteiger partial charge < -0.3 is 10.5 Å². The van der Waals surface area contributed by atoms with Crippen LogP contribution in [0.15, 0.2) is 12.4 Å². The van der Waals surface area contributed by atoms with Crippen molar-refractivity contribution in [3.05, 3.63) is 18.1 Å². The molecule has 1 saturated heterocycles. The van der Waals surface area contributed by atoms with Crippen LogP contribution in [0.5, 0.6) is 5.88 Å². The lowest BCUT2D eigenvalue weighted by Crippen LogP contribution is -2.53. The van der Waals surface area contributed by atoms with E-state index in [1.54, 1.807) is 19.5 Å². The zero-order valence-electron chi connectivity index (χ0n) is 12.1. The van der Waals surface area contributed by atoms with Crippen molar-refractivity contribution in [2.45, 2.75) is 44.7 Å². The molecule has 5 heteroatoms. The van der Waals surface area contributed by atoms with E-state index in [2.05, 4.69) is 28.7 Å². The van der Waals surface area contributed by atoms with Crippen molar-refractivity contribution >= 4 is 0 Å². The normalized spacial score (nSPS) is 19.2. The van der Waals surface area contributed by atoms with Crippen LogP contribution in [0.3, 0.4) is 0 Å². The molecule has 0 radical (unpaired) electrons. The van der Waals surface area contributed by atoms with Gasteiger partial charge in [-0.05, 0) is 39.8 Å². The predicted octanol–water partition coefficient (Wildman–Crippen LogP) is 1.75. The van der Waals surface area contributed by atoms with E-state index in [0.29, 0.717) is 5.88 Å². The van der Waals surface area contributed by atoms with Crippen molar-refractivity contribution < 1.29 is 4.74 Å². The number of hydrogen-bond donors (Lipinski definition) is 1. The van der Waals surface area contributed by atoms with Gasteiger partial charge in [0, 0.05) is 17.9 Å². The first kappa shape index (κ1) is 14.2. The van der Waals surface area contributed by atoms with Gasteiger partial charge in [0.25, 0.3) is 0 Å². The lowest BCUT2D eigenvalue weighted by molar-refractivity contribution is 0.0708. The Bertz CT molecular complexity index is 416. The van der Waals surface area contributed by atoms with Crippen molar-refractivity contribution in [2.24, 2.45) is 5.73 Å². The molecule has 0 aromatic carbocycles. The number of nitrogens with two attached hydrogens (primary N) is 1. The number of methoxy groups -OCH3 is 1. The van der Waals surface area contributed by atoms with E-state index in [4.69, 9.17) is 10.5 Å². The topological polar surface area (TPSA) is 64.3 Å². The van der Waals surface area contributed by atoms with E-state index < -0.39 is 0 Å². The van der Waals surface area contributed by atoms with Crippen LogP contribution in [0.2, 0.25) is 0 Å². The monoisotopic (exact) mass is 264 g/mol. The third-order valence-electron chi connectivity index (χ3n) is 4.11. The fourth-order valence-electron chi connectivity index (χ4n) is 2.71. The molecule has 1 aliphatic rings. The summed E-state index contributed by atoms with van der Waals surface area (Å²) in [4.78, 5) is 11.0. The summed E-state index contributed by atoms with van der Waals surface area (Å²) in [6.07, 6.45) is 7.10. The van der Waals surface area contributed by atoms with Gasteiger partial charge in [0.1, 0.15) is 5.69 Å². The van der Waals surface area contributed by atoms with Gasteiger partial charge in [-0.1, -0.05) is 6.42 Å². The molecule has 2 heterocycles. The summed E-state index contributed by atoms with van der Waals surface area (Å²) >= 11 is 0. The summed E-state index contributed by atoms with van der Waals surface area (Å²) in [6.45, 7) is 6.56. The second-order valence-corrected chi connectivity index (χ2v) is 5.63. The summed E-state index contributed by atoms with van der Waals surface area (Å²) < 4.78 is 5.28. The predicted molar refractivity (Wildman–Crippen MR) is 75.0 cm³/mol. The Kier molecular flexibility index (Phi) is 4.37. The van der Waals surface area contributed by atoms with E-state index >= 15 is 0 Å². The summed E-state index contributed by atoms with van der Waals surface area (Å²) in [5.41, 5.74) is 7.04. The van der Waals surface area contributed by atoms with Gasteiger partial charge in [0.15, 0.2) is 0 Å². The van der Waals surface area contributed by atoms with Crippen molar-refractivity contribution in [3.63, 3.8) is 0 Å². The van der Waals surface area contributed by atoms with Crippen LogP contribution in [0.4, 0.5) is 0 Å². The second-order valence-electron chi connectivity index (χ2n) is 5.63. The minimum absolute atomic E-state index is 0.149. The van der Waals surface area contributed by atoms with Crippen molar-refractivity contribution in [1.29, 1.82) is 0 Å². The number of rotatable bonds is 4. The third kappa shape index (κ3) is 2.87. The van der Waals surface area contributed by atoms with Gasteiger partial charge in [-0.25, -0.2) is 4.98 Å². The van der Waals surface area contributed by atoms with Gasteiger partial charge >= 0.3 is 0 Å². The largest absolute Gasteiger partial charge is 0.480 e. The Labute approximate surface area is 115 Å². The molecule has 1 aromatic rings. The number of likely N-dealkylation sites (tertiary alicyclic amines) is 1. The zero-order chi connectivity index (χ0) is 13.9. The Balaban J connectivity index is 2.23. The molecule has 1 atom stereocenters. The molecule has 1 unspecified atom stereocenters. The molecule has 1 fully saturated rings. The van der Waals surface area contributed by atoms with Gasteiger partial charge in [0.2, 0.25) is 5.88 Å². The molecule has 2 rings (SSSR count). The highest BCUT2D eigenvalue weighted by Gasteiger charge is 2.37. The molecule has 106 valence electrons. The van der Waals surface area contributed by atoms with Crippen LogP contribution in [0.25, 0.3) is 0 Å². The molecule has 5 nitrogen and oxygen atoms in total. The Morgan fingerprint density at radius 3 is 2.47 bits per heavy atom. The third-order valence-corrected chi connectivity index (χ3v) is 4.11. The van der Waals surface area contributed by atoms with E-state index in [1.807, 2.05) is 0 Å². The second kappa shape index (κ2) is 5.84. The molecule has 0 aliphatic carbocycles. The van der Waals surface area contributed by atoms with Crippen LogP contribution < -0.4 is 10.5 Å². The van der Waals surface area contributed by atoms with E-state index in [9.17, 15) is 0 Å². The number of hydrogen-bond acceptors (Lipinski definition) is 5. The van der Waals surface area contributed by atoms with Gasteiger partial charge in [-0.2, -0.15) is 0 Å². The Hall–Kier alpha value is -1.20. The first-order valence-electron chi connectivity index (χ1n) is 6.93. The fourth-order valence-corrected chi connectivity index (χ4v) is 2.71. The highest BCUT2D eigenvalue weighted by Crippen LogP contribution is 2.33. The highest BCUT2D eigenvalue weighted by molar-refractivity contribution is 5.24. The van der Waals surface area contributed by atoms with Crippen LogP contribution in [0, 0.1) is 0 Å². The van der Waals surface area contributed by atoms with Crippen LogP contribution >= 0.6 is 0 Å². The number of ether oxygens (including phenoxy) is 1. The first-order chi connectivity index (χ1) is 9.07. The molecule has 1 aromatic heterocycles. The Morgan fingerprint density at radius 1 is 1.21 bits per heavy atom. The average Bonchev–Trinajstić information content (AvgIpc) is 2.47. The summed E-state index contributed by atoms with van der Waals surface area (Å²) in [7, 11) is 1.61. The zero-order valence-corrected chi connectivity index (χ0v) is 12.1. The number of nitrogens with zero attached hydrogens (tertiary/aromatic N) is 3. The molecule has 0 saturated carbocycles. The molecule has 1 aliphatic heterocycles. The van der Waals surface area contributed by atoms with Crippen LogP contribution in [-0.2, 0) is 0 Å². The average molecular weight is 264 g/mol. The summed E-state index contributed by atoms with van der Waals surface area (Å²) in [5.74, 6) is 0.528. The van der Waals surface area contributed by atoms with Gasteiger partial charge in [-0.3, -0.25) is 9.88 Å². The highest BCUT2D eigenvalue weighted by atomic mass is 16.5. The fraction of sp³-hybridized carbons (Fsp3) is 0.714. The molecular formula is C14H24N4O. The maximum atomic E-state index is 6.46. The number of piperidine rings is 1. The molecular weight excluding hydrogens is 240 g/mol. The smallest absolute Gasteiger partial charge is 0.237 e. The van der Waals surface area contributed by atoms with Crippen molar-refractivity contribution in [1.82, 2.24) is 14.9 Å². The van der Waals surface area contributed by atoms with E-state index in [0.717, 1.165) is 18.8 Å². The standard InChI is InChI=1S/C14H24N4O/c1-14(2,18-9-5-4-6-10-18)12(15)11-13(19-3)17-8-7-16-11/h7-8,12H,4-6,9-10,15H2,1-3H3. The minimum atomic E-state index is -0.214. The van der Waals surface area contributed by atoms with Crippen LogP contribution in [0.1, 0.15) is 44.8 Å². The molecule has 0 spiro atoms. The molecule has 0 amide bonds. The SMILES string of the molecule is COc1nccnc1C(N)C(C)(C)N1CCCCC1. The lowest BCUT2D eigenvalue weighted by Gasteiger charge is -2.44. The molecule has 0 bridgehead atoms. The van der Waals surface area contributed by atoms with Crippen LogP contribution in [-0.4, -0.2) is 40.6 Å². The van der Waals surface area contributed by atoms with E-state index in [-0.39, 0.29) is 11.6 Å². The van der Waals surface area contributed by atoms with E-state index in [1.165, 1.54) is 19.3 Å². The quantitative estimate of drug-likeness (QED) is 0.897. The van der Waals surface area contributed by atoms with Crippen molar-refractivity contribution in [3.8, 4) is 5.88 Å². The minimum Gasteiger partial charge on any atom is -0.480 e. The Morgan fingerprint density at radius 2 is 1.84 bits per heavy atom. The van der Waals surface area contributed by atoms with Gasteiger partial charge in [0.05, 0.1) is 13.2 Å². The first-order valence-corrected chi connectivity index (χ1v) is 6.93. The van der Waals surface area contributed by atoms with Crippen molar-refractivity contribution in [2.75, 3.05) is 20.2 Å². The summed E-state index contributed by atoms with van der Waals surface area (Å²) in [6, 6.07) is -0.214. The molecule has 2 N–H and O–H groups in total.